The molecule has 1 atom stereocenters. The number of rotatable bonds is 4. The molecule has 1 saturated carbocycles. The van der Waals surface area contributed by atoms with Gasteiger partial charge in [-0.1, -0.05) is 6.42 Å². The summed E-state index contributed by atoms with van der Waals surface area (Å²) >= 11 is 0. The fourth-order valence-corrected chi connectivity index (χ4v) is 4.85. The SMILES string of the molecule is CN=C(NCCN1CCN(C(=O)C2CCC2)CC1)N1CCC2(CCOC2)C1.I. The van der Waals surface area contributed by atoms with Gasteiger partial charge >= 0.3 is 0 Å². The van der Waals surface area contributed by atoms with Crippen molar-refractivity contribution in [1.82, 2.24) is 20.0 Å². The Balaban J connectivity index is 0.00000225. The predicted octanol–water partition coefficient (Wildman–Crippen LogP) is 1.24. The first-order valence-corrected chi connectivity index (χ1v) is 10.7. The van der Waals surface area contributed by atoms with Gasteiger partial charge in [-0.3, -0.25) is 14.7 Å². The number of halogens is 1. The van der Waals surface area contributed by atoms with E-state index in [1.807, 2.05) is 7.05 Å². The summed E-state index contributed by atoms with van der Waals surface area (Å²) < 4.78 is 5.63. The topological polar surface area (TPSA) is 60.4 Å². The number of guanidine groups is 1. The largest absolute Gasteiger partial charge is 0.381 e. The number of aliphatic imine (C=N–C) groups is 1. The lowest BCUT2D eigenvalue weighted by molar-refractivity contribution is -0.139. The number of nitrogens with one attached hydrogen (secondary N) is 1. The average molecular weight is 505 g/mol. The molecule has 3 heterocycles. The first-order chi connectivity index (χ1) is 13.2. The van der Waals surface area contributed by atoms with E-state index in [9.17, 15) is 4.79 Å². The highest BCUT2D eigenvalue weighted by molar-refractivity contribution is 14.0. The van der Waals surface area contributed by atoms with Gasteiger partial charge in [0, 0.05) is 77.3 Å². The summed E-state index contributed by atoms with van der Waals surface area (Å²) in [6.45, 7) is 9.62. The van der Waals surface area contributed by atoms with Gasteiger partial charge < -0.3 is 19.9 Å². The van der Waals surface area contributed by atoms with E-state index in [0.717, 1.165) is 84.4 Å². The second kappa shape index (κ2) is 9.93. The number of carbonyl (C=O) groups is 1. The fraction of sp³-hybridized carbons (Fsp3) is 0.900. The molecule has 0 aromatic rings. The maximum atomic E-state index is 12.3. The minimum absolute atomic E-state index is 0. The molecule has 4 aliphatic rings. The number of hydrogen-bond acceptors (Lipinski definition) is 4. The summed E-state index contributed by atoms with van der Waals surface area (Å²) in [5.41, 5.74) is 0.362. The normalized spacial score (nSPS) is 29.1. The van der Waals surface area contributed by atoms with Crippen LogP contribution in [0, 0.1) is 11.3 Å². The molecule has 1 unspecified atom stereocenters. The molecule has 4 rings (SSSR count). The molecule has 160 valence electrons. The van der Waals surface area contributed by atoms with Crippen molar-refractivity contribution in [3.05, 3.63) is 0 Å². The maximum Gasteiger partial charge on any atom is 0.225 e. The Morgan fingerprint density at radius 2 is 1.93 bits per heavy atom. The minimum atomic E-state index is 0. The van der Waals surface area contributed by atoms with Crippen LogP contribution in [0.2, 0.25) is 0 Å². The van der Waals surface area contributed by atoms with Crippen molar-refractivity contribution in [1.29, 1.82) is 0 Å². The molecule has 3 aliphatic heterocycles. The van der Waals surface area contributed by atoms with Gasteiger partial charge in [-0.05, 0) is 25.7 Å². The van der Waals surface area contributed by atoms with Gasteiger partial charge in [0.2, 0.25) is 5.91 Å². The van der Waals surface area contributed by atoms with E-state index in [2.05, 4.69) is 25.0 Å². The second-order valence-electron chi connectivity index (χ2n) is 8.74. The third kappa shape index (κ3) is 4.92. The van der Waals surface area contributed by atoms with Crippen molar-refractivity contribution in [2.75, 3.05) is 72.6 Å². The van der Waals surface area contributed by atoms with Gasteiger partial charge in [-0.15, -0.1) is 24.0 Å². The molecule has 1 aliphatic carbocycles. The summed E-state index contributed by atoms with van der Waals surface area (Å²) in [7, 11) is 1.88. The highest BCUT2D eigenvalue weighted by atomic mass is 127. The van der Waals surface area contributed by atoms with Gasteiger partial charge in [0.15, 0.2) is 5.96 Å². The predicted molar refractivity (Wildman–Crippen MR) is 121 cm³/mol. The third-order valence-electron chi connectivity index (χ3n) is 6.98. The summed E-state index contributed by atoms with van der Waals surface area (Å²) in [6, 6.07) is 0. The zero-order valence-corrected chi connectivity index (χ0v) is 19.5. The number of hydrogen-bond donors (Lipinski definition) is 1. The summed E-state index contributed by atoms with van der Waals surface area (Å²) in [5, 5.41) is 3.55. The minimum Gasteiger partial charge on any atom is -0.381 e. The molecule has 0 aromatic carbocycles. The molecular weight excluding hydrogens is 469 g/mol. The van der Waals surface area contributed by atoms with Crippen molar-refractivity contribution in [3.8, 4) is 0 Å². The zero-order valence-electron chi connectivity index (χ0n) is 17.2. The number of piperazine rings is 1. The fourth-order valence-electron chi connectivity index (χ4n) is 4.85. The Labute approximate surface area is 186 Å². The van der Waals surface area contributed by atoms with Crippen LogP contribution in [0.5, 0.6) is 0 Å². The highest BCUT2D eigenvalue weighted by Gasteiger charge is 2.42. The van der Waals surface area contributed by atoms with Crippen LogP contribution in [-0.4, -0.2) is 99.2 Å². The van der Waals surface area contributed by atoms with E-state index in [0.29, 0.717) is 17.2 Å². The molecule has 0 bridgehead atoms. The highest BCUT2D eigenvalue weighted by Crippen LogP contribution is 2.38. The van der Waals surface area contributed by atoms with Gasteiger partial charge in [0.1, 0.15) is 0 Å². The van der Waals surface area contributed by atoms with Gasteiger partial charge in [-0.2, -0.15) is 0 Å². The molecule has 4 fully saturated rings. The monoisotopic (exact) mass is 505 g/mol. The molecule has 1 N–H and O–H groups in total. The molecule has 3 saturated heterocycles. The average Bonchev–Trinajstić information content (AvgIpc) is 3.28. The Kier molecular flexibility index (Phi) is 7.83. The molecule has 7 nitrogen and oxygen atoms in total. The zero-order chi connectivity index (χ0) is 18.7. The Bertz CT molecular complexity index is 555. The van der Waals surface area contributed by atoms with E-state index in [1.54, 1.807) is 0 Å². The Morgan fingerprint density at radius 3 is 2.54 bits per heavy atom. The second-order valence-corrected chi connectivity index (χ2v) is 8.74. The van der Waals surface area contributed by atoms with E-state index in [4.69, 9.17) is 4.74 Å². The van der Waals surface area contributed by atoms with Gasteiger partial charge in [0.25, 0.3) is 0 Å². The van der Waals surface area contributed by atoms with Crippen LogP contribution in [0.3, 0.4) is 0 Å². The van der Waals surface area contributed by atoms with E-state index < -0.39 is 0 Å². The molecule has 1 spiro atoms. The lowest BCUT2D eigenvalue weighted by Crippen LogP contribution is -2.52. The number of ether oxygens (including phenoxy) is 1. The Hall–Kier alpha value is -0.610. The molecule has 1 amide bonds. The van der Waals surface area contributed by atoms with Crippen molar-refractivity contribution in [3.63, 3.8) is 0 Å². The Morgan fingerprint density at radius 1 is 1.14 bits per heavy atom. The molecule has 28 heavy (non-hydrogen) atoms. The maximum absolute atomic E-state index is 12.3. The van der Waals surface area contributed by atoms with Gasteiger partial charge in [-0.25, -0.2) is 0 Å². The molecule has 0 aromatic heterocycles. The van der Waals surface area contributed by atoms with Crippen LogP contribution in [-0.2, 0) is 9.53 Å². The van der Waals surface area contributed by atoms with Crippen molar-refractivity contribution < 1.29 is 9.53 Å². The van der Waals surface area contributed by atoms with E-state index in [-0.39, 0.29) is 24.0 Å². The number of nitrogens with zero attached hydrogens (tertiary/aromatic N) is 4. The summed E-state index contributed by atoms with van der Waals surface area (Å²) in [4.78, 5) is 23.8. The van der Waals surface area contributed by atoms with Crippen molar-refractivity contribution in [2.24, 2.45) is 16.3 Å². The standard InChI is InChI=1S/C20H35N5O2.HI/c1-21-19(25-8-5-20(15-25)6-14-27-16-20)22-7-9-23-10-12-24(13-11-23)18(26)17-3-2-4-17;/h17H,2-16H2,1H3,(H,21,22);1H. The van der Waals surface area contributed by atoms with Crippen LogP contribution in [0.25, 0.3) is 0 Å². The first kappa shape index (κ1) is 22.1. The third-order valence-corrected chi connectivity index (χ3v) is 6.98. The van der Waals surface area contributed by atoms with Crippen LogP contribution < -0.4 is 5.32 Å². The van der Waals surface area contributed by atoms with E-state index >= 15 is 0 Å². The molecule has 0 radical (unpaired) electrons. The van der Waals surface area contributed by atoms with Crippen LogP contribution in [0.1, 0.15) is 32.1 Å². The molecule has 8 heteroatoms. The van der Waals surface area contributed by atoms with Crippen LogP contribution >= 0.6 is 24.0 Å². The summed E-state index contributed by atoms with van der Waals surface area (Å²) in [5.74, 6) is 1.76. The van der Waals surface area contributed by atoms with Crippen LogP contribution in [0.15, 0.2) is 4.99 Å². The van der Waals surface area contributed by atoms with Crippen molar-refractivity contribution in [2.45, 2.75) is 32.1 Å². The van der Waals surface area contributed by atoms with Crippen LogP contribution in [0.4, 0.5) is 0 Å². The lowest BCUT2D eigenvalue weighted by Gasteiger charge is -2.38. The van der Waals surface area contributed by atoms with E-state index in [1.165, 1.54) is 19.3 Å². The molecular formula is C20H36IN5O2. The number of carbonyl (C=O) groups excluding carboxylic acids is 1. The lowest BCUT2D eigenvalue weighted by atomic mass is 9.84. The first-order valence-electron chi connectivity index (χ1n) is 10.7. The summed E-state index contributed by atoms with van der Waals surface area (Å²) in [6.07, 6.45) is 5.83. The van der Waals surface area contributed by atoms with Crippen molar-refractivity contribution >= 4 is 35.8 Å². The number of likely N-dealkylation sites (tertiary alicyclic amines) is 1. The quantitative estimate of drug-likeness (QED) is 0.354. The number of amides is 1. The van der Waals surface area contributed by atoms with Gasteiger partial charge in [0.05, 0.1) is 6.61 Å². The smallest absolute Gasteiger partial charge is 0.225 e.